The number of rotatable bonds is 13. The molecule has 0 aromatic heterocycles. The molecule has 3 aromatic carbocycles. The van der Waals surface area contributed by atoms with Gasteiger partial charge >= 0.3 is 18.2 Å². The van der Waals surface area contributed by atoms with E-state index in [1.807, 2.05) is 80.6 Å². The summed E-state index contributed by atoms with van der Waals surface area (Å²) < 4.78 is 16.6. The Kier molecular flexibility index (Phi) is 11.2. The molecule has 266 valence electrons. The number of carbonyl (C=O) groups excluding carboxylic acids is 4. The fraction of sp³-hybridized carbons (Fsp3) is 0.450. The molecule has 1 fully saturated rings. The van der Waals surface area contributed by atoms with E-state index in [1.54, 1.807) is 20.8 Å². The van der Waals surface area contributed by atoms with Gasteiger partial charge in [0.15, 0.2) is 0 Å². The zero-order valence-corrected chi connectivity index (χ0v) is 29.9. The van der Waals surface area contributed by atoms with Crippen molar-refractivity contribution in [1.29, 1.82) is 0 Å². The van der Waals surface area contributed by atoms with Crippen molar-refractivity contribution in [1.82, 2.24) is 15.5 Å². The number of fused-ring (bicyclic) bond motifs is 3. The molecule has 0 saturated heterocycles. The minimum Gasteiger partial charge on any atom is -0.467 e. The van der Waals surface area contributed by atoms with Gasteiger partial charge in [0.1, 0.15) is 24.3 Å². The zero-order chi connectivity index (χ0) is 36.1. The maximum Gasteiger partial charge on any atom is 0.408 e. The first-order valence-electron chi connectivity index (χ1n) is 17.3. The maximum atomic E-state index is 14.7. The van der Waals surface area contributed by atoms with Gasteiger partial charge in [0.2, 0.25) is 5.91 Å². The van der Waals surface area contributed by atoms with Gasteiger partial charge in [-0.25, -0.2) is 14.4 Å². The molecule has 3 aromatic rings. The standard InChI is InChI=1S/C40H49N3O7/c1-26(2)22-34(36(45)48-6)43(25-40(20-21-40)42-38(47)50-39(3,4)5)35(44)33(23-27-14-8-7-9-15-27)41-37(46)49-24-32-30-18-12-10-16-28(30)29-17-11-13-19-31(29)32/h7-19,26,32-34H,20-25H2,1-6H3,(H,41,46)(H,42,47)/t33-,34-/m0/s1. The molecular weight excluding hydrogens is 634 g/mol. The van der Waals surface area contributed by atoms with Crippen LogP contribution >= 0.6 is 0 Å². The fourth-order valence-electron chi connectivity index (χ4n) is 6.63. The van der Waals surface area contributed by atoms with Gasteiger partial charge in [-0.2, -0.15) is 0 Å². The van der Waals surface area contributed by atoms with E-state index < -0.39 is 47.3 Å². The molecule has 5 rings (SSSR count). The van der Waals surface area contributed by atoms with Crippen molar-refractivity contribution in [3.05, 3.63) is 95.6 Å². The second kappa shape index (κ2) is 15.4. The summed E-state index contributed by atoms with van der Waals surface area (Å²) in [6.07, 6.45) is 0.321. The highest BCUT2D eigenvalue weighted by Gasteiger charge is 2.50. The number of alkyl carbamates (subject to hydrolysis) is 2. The van der Waals surface area contributed by atoms with E-state index in [-0.39, 0.29) is 31.4 Å². The second-order valence-corrected chi connectivity index (χ2v) is 14.8. The Labute approximate surface area is 294 Å². The lowest BCUT2D eigenvalue weighted by molar-refractivity contribution is -0.154. The molecule has 0 unspecified atom stereocenters. The number of ether oxygens (including phenoxy) is 3. The summed E-state index contributed by atoms with van der Waals surface area (Å²) in [5.41, 5.74) is 3.68. The average molecular weight is 684 g/mol. The highest BCUT2D eigenvalue weighted by Crippen LogP contribution is 2.44. The zero-order valence-electron chi connectivity index (χ0n) is 29.9. The Morgan fingerprint density at radius 3 is 1.98 bits per heavy atom. The average Bonchev–Trinajstić information content (AvgIpc) is 3.75. The molecule has 10 nitrogen and oxygen atoms in total. The van der Waals surface area contributed by atoms with Gasteiger partial charge in [0.05, 0.1) is 12.6 Å². The molecule has 50 heavy (non-hydrogen) atoms. The smallest absolute Gasteiger partial charge is 0.408 e. The Morgan fingerprint density at radius 2 is 1.44 bits per heavy atom. The van der Waals surface area contributed by atoms with E-state index in [9.17, 15) is 19.2 Å². The molecule has 0 bridgehead atoms. The second-order valence-electron chi connectivity index (χ2n) is 14.8. The molecule has 2 aliphatic rings. The van der Waals surface area contributed by atoms with Crippen LogP contribution in [0.3, 0.4) is 0 Å². The molecule has 10 heteroatoms. The topological polar surface area (TPSA) is 123 Å². The van der Waals surface area contributed by atoms with Gasteiger partial charge in [-0.05, 0) is 73.8 Å². The summed E-state index contributed by atoms with van der Waals surface area (Å²) in [7, 11) is 1.29. The van der Waals surface area contributed by atoms with Gasteiger partial charge in [-0.3, -0.25) is 4.79 Å². The summed E-state index contributed by atoms with van der Waals surface area (Å²) in [4.78, 5) is 56.0. The van der Waals surface area contributed by atoms with Crippen molar-refractivity contribution in [3.8, 4) is 11.1 Å². The van der Waals surface area contributed by atoms with Crippen LogP contribution in [0.5, 0.6) is 0 Å². The molecule has 0 heterocycles. The third-order valence-electron chi connectivity index (χ3n) is 9.14. The number of hydrogen-bond acceptors (Lipinski definition) is 7. The Bertz CT molecular complexity index is 1630. The van der Waals surface area contributed by atoms with E-state index in [2.05, 4.69) is 22.8 Å². The highest BCUT2D eigenvalue weighted by atomic mass is 16.6. The van der Waals surface area contributed by atoms with Crippen LogP contribution in [-0.4, -0.2) is 72.4 Å². The van der Waals surface area contributed by atoms with Gasteiger partial charge in [-0.15, -0.1) is 0 Å². The molecular formula is C40H49N3O7. The maximum absolute atomic E-state index is 14.7. The van der Waals surface area contributed by atoms with Crippen LogP contribution in [0.2, 0.25) is 0 Å². The third-order valence-corrected chi connectivity index (χ3v) is 9.14. The quantitative estimate of drug-likeness (QED) is 0.154. The predicted octanol–water partition coefficient (Wildman–Crippen LogP) is 6.61. The van der Waals surface area contributed by atoms with Crippen molar-refractivity contribution >= 4 is 24.1 Å². The van der Waals surface area contributed by atoms with Crippen LogP contribution in [0.4, 0.5) is 9.59 Å². The largest absolute Gasteiger partial charge is 0.467 e. The van der Waals surface area contributed by atoms with E-state index in [1.165, 1.54) is 12.0 Å². The minimum absolute atomic E-state index is 0.0334. The molecule has 1 saturated carbocycles. The minimum atomic E-state index is -1.08. The number of amides is 3. The first kappa shape index (κ1) is 36.4. The van der Waals surface area contributed by atoms with Crippen molar-refractivity contribution < 1.29 is 33.4 Å². The number of nitrogens with one attached hydrogen (secondary N) is 2. The number of carbonyl (C=O) groups is 4. The lowest BCUT2D eigenvalue weighted by Gasteiger charge is -2.36. The van der Waals surface area contributed by atoms with Gasteiger partial charge in [0.25, 0.3) is 0 Å². The van der Waals surface area contributed by atoms with E-state index in [0.717, 1.165) is 27.8 Å². The molecule has 3 amide bonds. The van der Waals surface area contributed by atoms with Crippen LogP contribution < -0.4 is 10.6 Å². The number of benzene rings is 3. The molecule has 0 spiro atoms. The van der Waals surface area contributed by atoms with Crippen molar-refractivity contribution in [2.24, 2.45) is 5.92 Å². The van der Waals surface area contributed by atoms with Crippen LogP contribution in [0, 0.1) is 5.92 Å². The van der Waals surface area contributed by atoms with Gasteiger partial charge in [-0.1, -0.05) is 92.7 Å². The van der Waals surface area contributed by atoms with Crippen LogP contribution in [-0.2, 0) is 30.2 Å². The monoisotopic (exact) mass is 683 g/mol. The number of esters is 1. The highest BCUT2D eigenvalue weighted by molar-refractivity contribution is 5.90. The Morgan fingerprint density at radius 1 is 0.860 bits per heavy atom. The van der Waals surface area contributed by atoms with Gasteiger partial charge < -0.3 is 29.7 Å². The Hall–Kier alpha value is -4.86. The number of methoxy groups -OCH3 is 1. The molecule has 2 atom stereocenters. The summed E-state index contributed by atoms with van der Waals surface area (Å²) >= 11 is 0. The van der Waals surface area contributed by atoms with Crippen molar-refractivity contribution in [3.63, 3.8) is 0 Å². The fourth-order valence-corrected chi connectivity index (χ4v) is 6.63. The Balaban J connectivity index is 1.40. The molecule has 2 aliphatic carbocycles. The van der Waals surface area contributed by atoms with Gasteiger partial charge in [0, 0.05) is 18.9 Å². The predicted molar refractivity (Wildman–Crippen MR) is 190 cm³/mol. The summed E-state index contributed by atoms with van der Waals surface area (Å²) in [5.74, 6) is -1.17. The number of hydrogen-bond donors (Lipinski definition) is 2. The first-order valence-corrected chi connectivity index (χ1v) is 17.3. The lowest BCUT2D eigenvalue weighted by atomic mass is 9.98. The van der Waals surface area contributed by atoms with E-state index in [4.69, 9.17) is 14.2 Å². The SMILES string of the molecule is COC(=O)[C@H](CC(C)C)N(CC1(NC(=O)OC(C)(C)C)CC1)C(=O)[C@H](Cc1ccccc1)NC(=O)OCC1c2ccccc2-c2ccccc21. The summed E-state index contributed by atoms with van der Waals surface area (Å²) in [6, 6.07) is 23.5. The third kappa shape index (κ3) is 9.02. The summed E-state index contributed by atoms with van der Waals surface area (Å²) in [6.45, 7) is 9.37. The van der Waals surface area contributed by atoms with Crippen LogP contribution in [0.15, 0.2) is 78.9 Å². The normalized spacial score (nSPS) is 15.6. The van der Waals surface area contributed by atoms with Crippen molar-refractivity contribution in [2.45, 2.75) is 89.4 Å². The van der Waals surface area contributed by atoms with Crippen molar-refractivity contribution in [2.75, 3.05) is 20.3 Å². The van der Waals surface area contributed by atoms with Crippen LogP contribution in [0.1, 0.15) is 76.5 Å². The van der Waals surface area contributed by atoms with E-state index >= 15 is 0 Å². The molecule has 0 aliphatic heterocycles. The van der Waals surface area contributed by atoms with Crippen LogP contribution in [0.25, 0.3) is 11.1 Å². The van der Waals surface area contributed by atoms with E-state index in [0.29, 0.717) is 19.3 Å². The molecule has 0 radical (unpaired) electrons. The molecule has 2 N–H and O–H groups in total. The first-order chi connectivity index (χ1) is 23.8. The summed E-state index contributed by atoms with van der Waals surface area (Å²) in [5, 5.41) is 5.80. The number of nitrogens with zero attached hydrogens (tertiary/aromatic N) is 1. The lowest BCUT2D eigenvalue weighted by Crippen LogP contribution is -2.59.